The predicted octanol–water partition coefficient (Wildman–Crippen LogP) is 3.34. The molecule has 4 heteroatoms. The van der Waals surface area contributed by atoms with Gasteiger partial charge in [-0.1, -0.05) is 47.1 Å². The van der Waals surface area contributed by atoms with E-state index in [1.165, 1.54) is 0 Å². The van der Waals surface area contributed by atoms with Crippen molar-refractivity contribution in [2.75, 3.05) is 0 Å². The Bertz CT molecular complexity index is 720. The van der Waals surface area contributed by atoms with Crippen LogP contribution in [0.15, 0.2) is 53.1 Å². The highest BCUT2D eigenvalue weighted by atomic mass is 16.5. The molecule has 0 bridgehead atoms. The van der Waals surface area contributed by atoms with Crippen LogP contribution in [0.3, 0.4) is 0 Å². The number of aromatic nitrogens is 2. The molecule has 1 heterocycles. The molecule has 3 rings (SSSR count). The summed E-state index contributed by atoms with van der Waals surface area (Å²) in [5.74, 6) is 1.09. The highest BCUT2D eigenvalue weighted by Crippen LogP contribution is 2.28. The zero-order chi connectivity index (χ0) is 13.9. The summed E-state index contributed by atoms with van der Waals surface area (Å²) in [5, 5.41) is 13.8. The van der Waals surface area contributed by atoms with Crippen LogP contribution in [0, 0.1) is 6.92 Å². The van der Waals surface area contributed by atoms with E-state index in [1.807, 2.05) is 49.4 Å². The van der Waals surface area contributed by atoms with Crippen molar-refractivity contribution in [1.29, 1.82) is 0 Å². The zero-order valence-electron chi connectivity index (χ0n) is 11.1. The van der Waals surface area contributed by atoms with E-state index < -0.39 is 0 Å². The van der Waals surface area contributed by atoms with Gasteiger partial charge in [-0.25, -0.2) is 0 Å². The van der Waals surface area contributed by atoms with Gasteiger partial charge in [0.1, 0.15) is 5.75 Å². The molecule has 0 amide bonds. The SMILES string of the molecule is Cc1ccc(O)c(-c2nc(Cc3ccccc3)no2)c1. The lowest BCUT2D eigenvalue weighted by Crippen LogP contribution is -1.90. The fraction of sp³-hybridized carbons (Fsp3) is 0.125. The fourth-order valence-electron chi connectivity index (χ4n) is 2.03. The molecule has 0 aliphatic heterocycles. The quantitative estimate of drug-likeness (QED) is 0.789. The van der Waals surface area contributed by atoms with E-state index in [-0.39, 0.29) is 5.75 Å². The summed E-state index contributed by atoms with van der Waals surface area (Å²) in [6.07, 6.45) is 0.608. The van der Waals surface area contributed by atoms with E-state index in [0.29, 0.717) is 23.7 Å². The number of phenols is 1. The Morgan fingerprint density at radius 3 is 2.70 bits per heavy atom. The summed E-state index contributed by atoms with van der Waals surface area (Å²) in [4.78, 5) is 4.34. The molecule has 100 valence electrons. The van der Waals surface area contributed by atoms with Crippen LogP contribution < -0.4 is 0 Å². The molecule has 1 N–H and O–H groups in total. The second-order valence-corrected chi connectivity index (χ2v) is 4.70. The molecule has 4 nitrogen and oxygen atoms in total. The van der Waals surface area contributed by atoms with Crippen LogP contribution in [-0.2, 0) is 6.42 Å². The third-order valence-corrected chi connectivity index (χ3v) is 3.06. The van der Waals surface area contributed by atoms with Gasteiger partial charge in [0.15, 0.2) is 5.82 Å². The zero-order valence-corrected chi connectivity index (χ0v) is 11.1. The van der Waals surface area contributed by atoms with Gasteiger partial charge < -0.3 is 9.63 Å². The van der Waals surface area contributed by atoms with Gasteiger partial charge >= 0.3 is 0 Å². The number of nitrogens with zero attached hydrogens (tertiary/aromatic N) is 2. The average Bonchev–Trinajstić information content (AvgIpc) is 2.91. The highest BCUT2D eigenvalue weighted by molar-refractivity contribution is 5.63. The van der Waals surface area contributed by atoms with Crippen molar-refractivity contribution in [3.05, 3.63) is 65.5 Å². The van der Waals surface area contributed by atoms with E-state index in [0.717, 1.165) is 11.1 Å². The standard InChI is InChI=1S/C16H14N2O2/c1-11-7-8-14(19)13(9-11)16-17-15(18-20-16)10-12-5-3-2-4-6-12/h2-9,19H,10H2,1H3. The molecule has 0 aliphatic carbocycles. The minimum absolute atomic E-state index is 0.144. The van der Waals surface area contributed by atoms with Gasteiger partial charge in [0, 0.05) is 6.42 Å². The third kappa shape index (κ3) is 2.54. The molecule has 0 unspecified atom stereocenters. The monoisotopic (exact) mass is 266 g/mol. The number of phenolic OH excluding ortho intramolecular Hbond substituents is 1. The van der Waals surface area contributed by atoms with E-state index >= 15 is 0 Å². The first-order valence-electron chi connectivity index (χ1n) is 6.39. The summed E-state index contributed by atoms with van der Waals surface area (Å²) < 4.78 is 5.24. The minimum Gasteiger partial charge on any atom is -0.507 e. The predicted molar refractivity (Wildman–Crippen MR) is 75.4 cm³/mol. The maximum Gasteiger partial charge on any atom is 0.261 e. The van der Waals surface area contributed by atoms with Gasteiger partial charge in [0.2, 0.25) is 0 Å². The van der Waals surface area contributed by atoms with E-state index in [4.69, 9.17) is 4.52 Å². The van der Waals surface area contributed by atoms with Crippen LogP contribution in [0.1, 0.15) is 17.0 Å². The molecule has 0 saturated heterocycles. The maximum absolute atomic E-state index is 9.86. The van der Waals surface area contributed by atoms with Gasteiger partial charge in [-0.3, -0.25) is 0 Å². The summed E-state index contributed by atoms with van der Waals surface area (Å²) in [5.41, 5.74) is 2.71. The van der Waals surface area contributed by atoms with Crippen LogP contribution >= 0.6 is 0 Å². The van der Waals surface area contributed by atoms with Crippen molar-refractivity contribution in [1.82, 2.24) is 10.1 Å². The third-order valence-electron chi connectivity index (χ3n) is 3.06. The van der Waals surface area contributed by atoms with Crippen molar-refractivity contribution in [2.45, 2.75) is 13.3 Å². The van der Waals surface area contributed by atoms with Gasteiger partial charge in [-0.2, -0.15) is 4.98 Å². The van der Waals surface area contributed by atoms with Crippen LogP contribution in [0.5, 0.6) is 5.75 Å². The maximum atomic E-state index is 9.86. The van der Waals surface area contributed by atoms with E-state index in [2.05, 4.69) is 10.1 Å². The Kier molecular flexibility index (Phi) is 3.21. The van der Waals surface area contributed by atoms with Crippen molar-refractivity contribution in [2.24, 2.45) is 0 Å². The Morgan fingerprint density at radius 1 is 1.10 bits per heavy atom. The van der Waals surface area contributed by atoms with Crippen LogP contribution in [-0.4, -0.2) is 15.2 Å². The van der Waals surface area contributed by atoms with Gasteiger partial charge in [-0.15, -0.1) is 0 Å². The lowest BCUT2D eigenvalue weighted by Gasteiger charge is -2.00. The molecular weight excluding hydrogens is 252 g/mol. The average molecular weight is 266 g/mol. The highest BCUT2D eigenvalue weighted by Gasteiger charge is 2.13. The Labute approximate surface area is 116 Å². The number of hydrogen-bond donors (Lipinski definition) is 1. The summed E-state index contributed by atoms with van der Waals surface area (Å²) in [6, 6.07) is 15.2. The van der Waals surface area contributed by atoms with E-state index in [1.54, 1.807) is 6.07 Å². The molecule has 0 radical (unpaired) electrons. The van der Waals surface area contributed by atoms with Crippen molar-refractivity contribution < 1.29 is 9.63 Å². The topological polar surface area (TPSA) is 59.2 Å². The van der Waals surface area contributed by atoms with Crippen molar-refractivity contribution >= 4 is 0 Å². The Hall–Kier alpha value is -2.62. The lowest BCUT2D eigenvalue weighted by molar-refractivity contribution is 0.418. The number of benzene rings is 2. The lowest BCUT2D eigenvalue weighted by atomic mass is 10.1. The number of aryl methyl sites for hydroxylation is 1. The second-order valence-electron chi connectivity index (χ2n) is 4.70. The molecule has 0 saturated carbocycles. The molecule has 3 aromatic rings. The normalized spacial score (nSPS) is 10.7. The summed E-state index contributed by atoms with van der Waals surface area (Å²) >= 11 is 0. The molecular formula is C16H14N2O2. The molecule has 20 heavy (non-hydrogen) atoms. The Morgan fingerprint density at radius 2 is 1.90 bits per heavy atom. The largest absolute Gasteiger partial charge is 0.507 e. The molecule has 0 spiro atoms. The van der Waals surface area contributed by atoms with Crippen LogP contribution in [0.2, 0.25) is 0 Å². The van der Waals surface area contributed by atoms with Gasteiger partial charge in [-0.05, 0) is 24.6 Å². The fourth-order valence-corrected chi connectivity index (χ4v) is 2.03. The van der Waals surface area contributed by atoms with Gasteiger partial charge in [0.25, 0.3) is 5.89 Å². The molecule has 0 atom stereocenters. The first kappa shape index (κ1) is 12.4. The van der Waals surface area contributed by atoms with Crippen molar-refractivity contribution in [3.63, 3.8) is 0 Å². The first-order valence-corrected chi connectivity index (χ1v) is 6.39. The minimum atomic E-state index is 0.144. The summed E-state index contributed by atoms with van der Waals surface area (Å²) in [7, 11) is 0. The van der Waals surface area contributed by atoms with Crippen LogP contribution in [0.25, 0.3) is 11.5 Å². The molecule has 1 aromatic heterocycles. The number of hydrogen-bond acceptors (Lipinski definition) is 4. The molecule has 2 aromatic carbocycles. The second kappa shape index (κ2) is 5.17. The molecule has 0 fully saturated rings. The first-order chi connectivity index (χ1) is 9.72. The smallest absolute Gasteiger partial charge is 0.261 e. The summed E-state index contributed by atoms with van der Waals surface area (Å²) in [6.45, 7) is 1.95. The van der Waals surface area contributed by atoms with Gasteiger partial charge in [0.05, 0.1) is 5.56 Å². The Balaban J connectivity index is 1.88. The van der Waals surface area contributed by atoms with E-state index in [9.17, 15) is 5.11 Å². The van der Waals surface area contributed by atoms with Crippen LogP contribution in [0.4, 0.5) is 0 Å². The molecule has 0 aliphatic rings. The number of rotatable bonds is 3. The van der Waals surface area contributed by atoms with Crippen molar-refractivity contribution in [3.8, 4) is 17.2 Å². The number of aromatic hydroxyl groups is 1.